The van der Waals surface area contributed by atoms with Crippen LogP contribution in [0.2, 0.25) is 0 Å². The SMILES string of the molecule is Cc1c(C(=O)Nc2ccccc2)sc(NC(=O)C(C)Sc2cccc(NC(=O)/C(=C/c3ccco3)NC(=O)c3ccccc3)c2)c1C#N. The Morgan fingerprint density at radius 1 is 0.854 bits per heavy atom. The van der Waals surface area contributed by atoms with Crippen molar-refractivity contribution in [2.75, 3.05) is 16.0 Å². The third kappa shape index (κ3) is 8.47. The predicted molar refractivity (Wildman–Crippen MR) is 188 cm³/mol. The Bertz CT molecular complexity index is 2020. The molecule has 3 aromatic carbocycles. The Morgan fingerprint density at radius 3 is 2.25 bits per heavy atom. The number of benzene rings is 3. The molecule has 0 aliphatic carbocycles. The average Bonchev–Trinajstić information content (AvgIpc) is 3.72. The van der Waals surface area contributed by atoms with Gasteiger partial charge in [0.15, 0.2) is 0 Å². The minimum absolute atomic E-state index is 0.0269. The maximum atomic E-state index is 13.3. The van der Waals surface area contributed by atoms with Crippen molar-refractivity contribution in [3.63, 3.8) is 0 Å². The standard InChI is InChI=1S/C36H29N5O5S2/c1-22-29(21-37)36(48-31(22)35(45)38-25-13-7-4-8-14-25)41-32(42)23(2)47-28-17-9-15-26(19-28)39-34(44)30(20-27-16-10-18-46-27)40-33(43)24-11-5-3-6-12-24/h3-20,23H,1-2H3,(H,38,45)(H,39,44)(H,40,43)(H,41,42)/b30-20-. The first-order valence-electron chi connectivity index (χ1n) is 14.6. The maximum Gasteiger partial charge on any atom is 0.272 e. The molecule has 48 heavy (non-hydrogen) atoms. The molecular weight excluding hydrogens is 647 g/mol. The van der Waals surface area contributed by atoms with Crippen molar-refractivity contribution >= 4 is 69.2 Å². The Balaban J connectivity index is 1.25. The second-order valence-electron chi connectivity index (χ2n) is 10.3. The summed E-state index contributed by atoms with van der Waals surface area (Å²) in [6, 6.07) is 29.8. The number of hydrogen-bond acceptors (Lipinski definition) is 8. The summed E-state index contributed by atoms with van der Waals surface area (Å²) in [7, 11) is 0. The zero-order valence-electron chi connectivity index (χ0n) is 25.8. The number of rotatable bonds is 11. The molecule has 5 rings (SSSR count). The van der Waals surface area contributed by atoms with Gasteiger partial charge in [0.1, 0.15) is 22.5 Å². The molecule has 240 valence electrons. The molecule has 0 bridgehead atoms. The molecule has 4 amide bonds. The highest BCUT2D eigenvalue weighted by atomic mass is 32.2. The average molecular weight is 676 g/mol. The third-order valence-corrected chi connectivity index (χ3v) is 9.17. The summed E-state index contributed by atoms with van der Waals surface area (Å²) in [6.45, 7) is 3.38. The first-order valence-corrected chi connectivity index (χ1v) is 16.3. The van der Waals surface area contributed by atoms with Crippen LogP contribution in [0, 0.1) is 18.3 Å². The van der Waals surface area contributed by atoms with Crippen molar-refractivity contribution in [2.45, 2.75) is 24.0 Å². The predicted octanol–water partition coefficient (Wildman–Crippen LogP) is 7.30. The van der Waals surface area contributed by atoms with Gasteiger partial charge in [0, 0.05) is 27.9 Å². The number of furan rings is 1. The quantitative estimate of drug-likeness (QED) is 0.0846. The lowest BCUT2D eigenvalue weighted by Gasteiger charge is -2.14. The summed E-state index contributed by atoms with van der Waals surface area (Å²) in [4.78, 5) is 53.3. The van der Waals surface area contributed by atoms with Gasteiger partial charge in [-0.2, -0.15) is 5.26 Å². The van der Waals surface area contributed by atoms with E-state index in [0.717, 1.165) is 11.3 Å². The van der Waals surface area contributed by atoms with Crippen LogP contribution >= 0.6 is 23.1 Å². The molecule has 5 aromatic rings. The van der Waals surface area contributed by atoms with Crippen LogP contribution in [0.4, 0.5) is 16.4 Å². The van der Waals surface area contributed by atoms with Crippen LogP contribution in [0.25, 0.3) is 6.08 Å². The lowest BCUT2D eigenvalue weighted by molar-refractivity contribution is -0.115. The summed E-state index contributed by atoms with van der Waals surface area (Å²) in [6.07, 6.45) is 2.89. The third-order valence-electron chi connectivity index (χ3n) is 6.87. The van der Waals surface area contributed by atoms with Crippen LogP contribution in [0.15, 0.2) is 118 Å². The van der Waals surface area contributed by atoms with Gasteiger partial charge >= 0.3 is 0 Å². The van der Waals surface area contributed by atoms with Crippen LogP contribution in [0.1, 0.15) is 43.8 Å². The highest BCUT2D eigenvalue weighted by molar-refractivity contribution is 8.00. The first kappa shape index (κ1) is 33.5. The molecule has 4 N–H and O–H groups in total. The number of amides is 4. The van der Waals surface area contributed by atoms with Crippen LogP contribution in [-0.2, 0) is 9.59 Å². The first-order chi connectivity index (χ1) is 23.2. The molecule has 0 fully saturated rings. The minimum Gasteiger partial charge on any atom is -0.465 e. The van der Waals surface area contributed by atoms with E-state index in [1.165, 1.54) is 24.1 Å². The van der Waals surface area contributed by atoms with E-state index >= 15 is 0 Å². The number of carbonyl (C=O) groups excluding carboxylic acids is 4. The minimum atomic E-state index is -0.605. The van der Waals surface area contributed by atoms with Gasteiger partial charge in [0.25, 0.3) is 17.7 Å². The molecule has 2 heterocycles. The Hall–Kier alpha value is -5.90. The fraction of sp³-hybridized carbons (Fsp3) is 0.0833. The molecule has 0 aliphatic rings. The summed E-state index contributed by atoms with van der Waals surface area (Å²) in [5.74, 6) is -1.40. The molecule has 2 aromatic heterocycles. The molecule has 0 radical (unpaired) electrons. The lowest BCUT2D eigenvalue weighted by atomic mass is 10.1. The number of thiophene rings is 1. The monoisotopic (exact) mass is 675 g/mol. The Kier molecular flexibility index (Phi) is 10.9. The van der Waals surface area contributed by atoms with Crippen molar-refractivity contribution in [1.29, 1.82) is 5.26 Å². The summed E-state index contributed by atoms with van der Waals surface area (Å²) < 4.78 is 5.35. The van der Waals surface area contributed by atoms with Crippen molar-refractivity contribution in [1.82, 2.24) is 5.32 Å². The van der Waals surface area contributed by atoms with E-state index < -0.39 is 17.1 Å². The number of nitrogens with one attached hydrogen (secondary N) is 4. The van der Waals surface area contributed by atoms with Crippen molar-refractivity contribution in [3.05, 3.63) is 136 Å². The van der Waals surface area contributed by atoms with Gasteiger partial charge in [0.2, 0.25) is 5.91 Å². The van der Waals surface area contributed by atoms with Gasteiger partial charge < -0.3 is 25.7 Å². The number of para-hydroxylation sites is 1. The fourth-order valence-electron chi connectivity index (χ4n) is 4.44. The van der Waals surface area contributed by atoms with Gasteiger partial charge in [-0.1, -0.05) is 42.5 Å². The van der Waals surface area contributed by atoms with Crippen molar-refractivity contribution in [3.8, 4) is 6.07 Å². The molecule has 1 unspecified atom stereocenters. The van der Waals surface area contributed by atoms with Crippen molar-refractivity contribution < 1.29 is 23.6 Å². The Labute approximate surface area is 284 Å². The van der Waals surface area contributed by atoms with E-state index in [4.69, 9.17) is 4.42 Å². The van der Waals surface area contributed by atoms with E-state index in [1.54, 1.807) is 105 Å². The number of anilines is 3. The van der Waals surface area contributed by atoms with Gasteiger partial charge in [-0.3, -0.25) is 19.2 Å². The molecule has 0 aliphatic heterocycles. The largest absolute Gasteiger partial charge is 0.465 e. The van der Waals surface area contributed by atoms with E-state index in [0.29, 0.717) is 43.0 Å². The molecule has 0 saturated heterocycles. The number of nitrogens with zero attached hydrogens (tertiary/aromatic N) is 1. The normalized spacial score (nSPS) is 11.6. The zero-order chi connectivity index (χ0) is 34.0. The molecule has 12 heteroatoms. The molecule has 1 atom stereocenters. The van der Waals surface area contributed by atoms with E-state index in [2.05, 4.69) is 27.3 Å². The van der Waals surface area contributed by atoms with Gasteiger partial charge in [-0.25, -0.2) is 0 Å². The number of carbonyl (C=O) groups is 4. The maximum absolute atomic E-state index is 13.3. The lowest BCUT2D eigenvalue weighted by Crippen LogP contribution is -2.30. The second-order valence-corrected chi connectivity index (χ2v) is 12.8. The number of thioether (sulfide) groups is 1. The van der Waals surface area contributed by atoms with Gasteiger partial charge in [-0.15, -0.1) is 23.1 Å². The van der Waals surface area contributed by atoms with E-state index in [9.17, 15) is 24.4 Å². The smallest absolute Gasteiger partial charge is 0.272 e. The molecular formula is C36H29N5O5S2. The zero-order valence-corrected chi connectivity index (χ0v) is 27.4. The Morgan fingerprint density at radius 2 is 1.56 bits per heavy atom. The van der Waals surface area contributed by atoms with E-state index in [1.807, 2.05) is 6.07 Å². The highest BCUT2D eigenvalue weighted by Gasteiger charge is 2.24. The molecule has 0 saturated carbocycles. The topological polar surface area (TPSA) is 153 Å². The summed E-state index contributed by atoms with van der Waals surface area (Å²) >= 11 is 2.29. The van der Waals surface area contributed by atoms with Crippen LogP contribution in [-0.4, -0.2) is 28.9 Å². The summed E-state index contributed by atoms with van der Waals surface area (Å²) in [5, 5.41) is 20.5. The number of hydrogen-bond donors (Lipinski definition) is 4. The van der Waals surface area contributed by atoms with Crippen LogP contribution < -0.4 is 21.3 Å². The van der Waals surface area contributed by atoms with Crippen LogP contribution in [0.3, 0.4) is 0 Å². The van der Waals surface area contributed by atoms with Crippen molar-refractivity contribution in [2.24, 2.45) is 0 Å². The molecule has 0 spiro atoms. The second kappa shape index (κ2) is 15.6. The van der Waals surface area contributed by atoms with E-state index in [-0.39, 0.29) is 23.1 Å². The number of nitriles is 1. The van der Waals surface area contributed by atoms with Gasteiger partial charge in [-0.05, 0) is 74.0 Å². The summed E-state index contributed by atoms with van der Waals surface area (Å²) in [5.41, 5.74) is 2.12. The molecule has 10 nitrogen and oxygen atoms in total. The highest BCUT2D eigenvalue weighted by Crippen LogP contribution is 2.34. The van der Waals surface area contributed by atoms with Crippen LogP contribution in [0.5, 0.6) is 0 Å². The van der Waals surface area contributed by atoms with Gasteiger partial charge in [0.05, 0.1) is 22.0 Å². The fourth-order valence-corrected chi connectivity index (χ4v) is 6.42.